The molecule has 1 heterocycles. The third-order valence-corrected chi connectivity index (χ3v) is 2.08. The molecule has 1 saturated heterocycles. The van der Waals surface area contributed by atoms with Gasteiger partial charge >= 0.3 is 0 Å². The third-order valence-electron chi connectivity index (χ3n) is 2.08. The SMILES string of the molecule is CC1OCC(c2cccc(O)c2)O1. The number of hydrogen-bond donors (Lipinski definition) is 1. The summed E-state index contributed by atoms with van der Waals surface area (Å²) in [6.07, 6.45) is -0.186. The van der Waals surface area contributed by atoms with E-state index in [2.05, 4.69) is 0 Å². The summed E-state index contributed by atoms with van der Waals surface area (Å²) < 4.78 is 10.7. The van der Waals surface area contributed by atoms with Gasteiger partial charge in [0.2, 0.25) is 0 Å². The van der Waals surface area contributed by atoms with Crippen molar-refractivity contribution >= 4 is 0 Å². The summed E-state index contributed by atoms with van der Waals surface area (Å²) in [4.78, 5) is 0. The smallest absolute Gasteiger partial charge is 0.155 e. The fourth-order valence-electron chi connectivity index (χ4n) is 1.43. The van der Waals surface area contributed by atoms with Crippen molar-refractivity contribution in [1.29, 1.82) is 0 Å². The van der Waals surface area contributed by atoms with Crippen LogP contribution in [0.5, 0.6) is 5.75 Å². The maximum atomic E-state index is 9.24. The van der Waals surface area contributed by atoms with Crippen molar-refractivity contribution in [3.63, 3.8) is 0 Å². The summed E-state index contributed by atoms with van der Waals surface area (Å²) in [6.45, 7) is 2.42. The van der Waals surface area contributed by atoms with Crippen molar-refractivity contribution in [2.24, 2.45) is 0 Å². The summed E-state index contributed by atoms with van der Waals surface area (Å²) in [5.74, 6) is 0.264. The van der Waals surface area contributed by atoms with E-state index in [0.29, 0.717) is 6.61 Å². The lowest BCUT2D eigenvalue weighted by Crippen LogP contribution is -2.01. The largest absolute Gasteiger partial charge is 0.508 e. The average Bonchev–Trinajstić information content (AvgIpc) is 2.52. The van der Waals surface area contributed by atoms with Gasteiger partial charge in [0.1, 0.15) is 11.9 Å². The molecular weight excluding hydrogens is 168 g/mol. The standard InChI is InChI=1S/C10H12O3/c1-7-12-6-10(13-7)8-3-2-4-9(11)5-8/h2-5,7,10-11H,6H2,1H3. The van der Waals surface area contributed by atoms with Crippen molar-refractivity contribution in [2.45, 2.75) is 19.3 Å². The molecule has 2 rings (SSSR count). The van der Waals surface area contributed by atoms with Gasteiger partial charge in [-0.05, 0) is 24.6 Å². The minimum atomic E-state index is -0.146. The van der Waals surface area contributed by atoms with Gasteiger partial charge in [-0.2, -0.15) is 0 Å². The van der Waals surface area contributed by atoms with Gasteiger partial charge in [-0.25, -0.2) is 0 Å². The molecule has 1 N–H and O–H groups in total. The zero-order valence-corrected chi connectivity index (χ0v) is 7.43. The second kappa shape index (κ2) is 3.36. The highest BCUT2D eigenvalue weighted by Crippen LogP contribution is 2.27. The number of hydrogen-bond acceptors (Lipinski definition) is 3. The lowest BCUT2D eigenvalue weighted by Gasteiger charge is -2.08. The molecule has 2 unspecified atom stereocenters. The molecule has 1 aliphatic heterocycles. The van der Waals surface area contributed by atoms with Crippen LogP contribution in [0.4, 0.5) is 0 Å². The summed E-state index contributed by atoms with van der Waals surface area (Å²) in [6, 6.07) is 7.07. The lowest BCUT2D eigenvalue weighted by molar-refractivity contribution is -0.0426. The maximum absolute atomic E-state index is 9.24. The Labute approximate surface area is 76.9 Å². The molecule has 0 aromatic heterocycles. The highest BCUT2D eigenvalue weighted by atomic mass is 16.7. The molecule has 0 aliphatic carbocycles. The van der Waals surface area contributed by atoms with Gasteiger partial charge in [0.25, 0.3) is 0 Å². The third kappa shape index (κ3) is 1.82. The molecule has 1 aromatic rings. The minimum absolute atomic E-state index is 0.0397. The zero-order valence-electron chi connectivity index (χ0n) is 7.43. The first-order valence-electron chi connectivity index (χ1n) is 4.32. The van der Waals surface area contributed by atoms with Crippen molar-refractivity contribution in [3.05, 3.63) is 29.8 Å². The van der Waals surface area contributed by atoms with E-state index in [0.717, 1.165) is 5.56 Å². The number of ether oxygens (including phenoxy) is 2. The Balaban J connectivity index is 2.16. The number of rotatable bonds is 1. The molecule has 1 aromatic carbocycles. The second-order valence-corrected chi connectivity index (χ2v) is 3.12. The van der Waals surface area contributed by atoms with Crippen LogP contribution in [-0.4, -0.2) is 18.0 Å². The Morgan fingerprint density at radius 1 is 1.46 bits per heavy atom. The number of phenols is 1. The maximum Gasteiger partial charge on any atom is 0.155 e. The van der Waals surface area contributed by atoms with E-state index in [1.165, 1.54) is 0 Å². The van der Waals surface area contributed by atoms with E-state index in [-0.39, 0.29) is 18.1 Å². The summed E-state index contributed by atoms with van der Waals surface area (Å²) in [7, 11) is 0. The molecular formula is C10H12O3. The molecule has 0 spiro atoms. The Kier molecular flexibility index (Phi) is 2.20. The van der Waals surface area contributed by atoms with E-state index >= 15 is 0 Å². The Bertz CT molecular complexity index is 298. The summed E-state index contributed by atoms with van der Waals surface area (Å²) in [5, 5.41) is 9.24. The molecule has 0 bridgehead atoms. The van der Waals surface area contributed by atoms with Gasteiger partial charge < -0.3 is 14.6 Å². The van der Waals surface area contributed by atoms with E-state index in [1.54, 1.807) is 18.2 Å². The number of benzene rings is 1. The van der Waals surface area contributed by atoms with Gasteiger partial charge in [-0.15, -0.1) is 0 Å². The van der Waals surface area contributed by atoms with Crippen LogP contribution in [-0.2, 0) is 9.47 Å². The van der Waals surface area contributed by atoms with Crippen LogP contribution < -0.4 is 0 Å². The Hall–Kier alpha value is -1.06. The van der Waals surface area contributed by atoms with Crippen molar-refractivity contribution in [3.8, 4) is 5.75 Å². The lowest BCUT2D eigenvalue weighted by atomic mass is 10.1. The number of phenolic OH excluding ortho intramolecular Hbond substituents is 1. The molecule has 1 aliphatic rings. The fraction of sp³-hybridized carbons (Fsp3) is 0.400. The second-order valence-electron chi connectivity index (χ2n) is 3.12. The summed E-state index contributed by atoms with van der Waals surface area (Å²) in [5.41, 5.74) is 0.962. The molecule has 3 heteroatoms. The molecule has 1 fully saturated rings. The van der Waals surface area contributed by atoms with Crippen LogP contribution in [0.2, 0.25) is 0 Å². The normalized spacial score (nSPS) is 27.8. The summed E-state index contributed by atoms with van der Waals surface area (Å²) >= 11 is 0. The zero-order chi connectivity index (χ0) is 9.26. The molecule has 13 heavy (non-hydrogen) atoms. The van der Waals surface area contributed by atoms with Crippen LogP contribution in [0.1, 0.15) is 18.6 Å². The monoisotopic (exact) mass is 180 g/mol. The molecule has 0 amide bonds. The minimum Gasteiger partial charge on any atom is -0.508 e. The van der Waals surface area contributed by atoms with Gasteiger partial charge in [0.15, 0.2) is 6.29 Å². The van der Waals surface area contributed by atoms with Gasteiger partial charge in [0, 0.05) is 0 Å². The highest BCUT2D eigenvalue weighted by Gasteiger charge is 2.23. The van der Waals surface area contributed by atoms with Crippen LogP contribution in [0.15, 0.2) is 24.3 Å². The fourth-order valence-corrected chi connectivity index (χ4v) is 1.43. The number of aromatic hydroxyl groups is 1. The van der Waals surface area contributed by atoms with Gasteiger partial charge in [-0.1, -0.05) is 12.1 Å². The molecule has 0 radical (unpaired) electrons. The molecule has 70 valence electrons. The first kappa shape index (κ1) is 8.53. The van der Waals surface area contributed by atoms with E-state index in [9.17, 15) is 5.11 Å². The predicted molar refractivity (Wildman–Crippen MR) is 47.3 cm³/mol. The first-order chi connectivity index (χ1) is 6.25. The first-order valence-corrected chi connectivity index (χ1v) is 4.32. The molecule has 2 atom stereocenters. The van der Waals surface area contributed by atoms with Crippen molar-refractivity contribution < 1.29 is 14.6 Å². The van der Waals surface area contributed by atoms with Crippen LogP contribution in [0.25, 0.3) is 0 Å². The quantitative estimate of drug-likeness (QED) is 0.716. The van der Waals surface area contributed by atoms with E-state index in [1.807, 2.05) is 13.0 Å². The van der Waals surface area contributed by atoms with Crippen molar-refractivity contribution in [1.82, 2.24) is 0 Å². The predicted octanol–water partition coefficient (Wildman–Crippen LogP) is 1.83. The van der Waals surface area contributed by atoms with Crippen LogP contribution >= 0.6 is 0 Å². The van der Waals surface area contributed by atoms with Crippen molar-refractivity contribution in [2.75, 3.05) is 6.61 Å². The Morgan fingerprint density at radius 3 is 2.92 bits per heavy atom. The van der Waals surface area contributed by atoms with Gasteiger partial charge in [-0.3, -0.25) is 0 Å². The van der Waals surface area contributed by atoms with Crippen LogP contribution in [0.3, 0.4) is 0 Å². The molecule has 3 nitrogen and oxygen atoms in total. The topological polar surface area (TPSA) is 38.7 Å². The van der Waals surface area contributed by atoms with Crippen LogP contribution in [0, 0.1) is 0 Å². The highest BCUT2D eigenvalue weighted by molar-refractivity contribution is 5.28. The van der Waals surface area contributed by atoms with E-state index in [4.69, 9.17) is 9.47 Å². The Morgan fingerprint density at radius 2 is 2.31 bits per heavy atom. The van der Waals surface area contributed by atoms with Gasteiger partial charge in [0.05, 0.1) is 6.61 Å². The molecule has 0 saturated carbocycles. The van der Waals surface area contributed by atoms with E-state index < -0.39 is 0 Å². The average molecular weight is 180 g/mol.